The molecule has 1 saturated carbocycles. The zero-order chi connectivity index (χ0) is 23.9. The quantitative estimate of drug-likeness (QED) is 0.356. The highest BCUT2D eigenvalue weighted by Crippen LogP contribution is 2.44. The number of pyridine rings is 1. The van der Waals surface area contributed by atoms with Crippen LogP contribution in [-0.4, -0.2) is 28.9 Å². The summed E-state index contributed by atoms with van der Waals surface area (Å²) in [6, 6.07) is 13.5. The van der Waals surface area contributed by atoms with Crippen molar-refractivity contribution in [3.63, 3.8) is 0 Å². The smallest absolute Gasteiger partial charge is 0.335 e. The summed E-state index contributed by atoms with van der Waals surface area (Å²) < 4.78 is 48.8. The van der Waals surface area contributed by atoms with E-state index >= 15 is 4.39 Å². The molecule has 0 saturated heterocycles. The maximum absolute atomic E-state index is 15.1. The topological polar surface area (TPSA) is 109 Å². The maximum atomic E-state index is 15.1. The van der Waals surface area contributed by atoms with E-state index in [0.29, 0.717) is 16.1 Å². The average molecular weight is 496 g/mol. The van der Waals surface area contributed by atoms with Crippen LogP contribution < -0.4 is 4.72 Å². The Labute approximate surface area is 199 Å². The Balaban J connectivity index is 1.66. The van der Waals surface area contributed by atoms with Gasteiger partial charge >= 0.3 is 5.97 Å². The van der Waals surface area contributed by atoms with E-state index in [4.69, 9.17) is 0 Å². The third kappa shape index (κ3) is 4.29. The van der Waals surface area contributed by atoms with Crippen LogP contribution in [0.5, 0.6) is 0 Å². The SMILES string of the molecule is O=C(O)c1ccc(C2CC2)c(S(=O)(=O)Nc2cc(-c3ccns3)c(F)cc2-c2ccccn2)c1. The second-order valence-corrected chi connectivity index (χ2v) is 10.4. The zero-order valence-corrected chi connectivity index (χ0v) is 19.2. The summed E-state index contributed by atoms with van der Waals surface area (Å²) in [5.41, 5.74) is 1.42. The van der Waals surface area contributed by atoms with Gasteiger partial charge in [0.1, 0.15) is 5.82 Å². The molecule has 0 bridgehead atoms. The van der Waals surface area contributed by atoms with Crippen LogP contribution >= 0.6 is 11.5 Å². The largest absolute Gasteiger partial charge is 0.478 e. The second-order valence-electron chi connectivity index (χ2n) is 7.91. The zero-order valence-electron chi connectivity index (χ0n) is 17.6. The molecule has 4 aromatic rings. The molecule has 1 fully saturated rings. The average Bonchev–Trinajstić information content (AvgIpc) is 3.53. The Morgan fingerprint density at radius 2 is 1.88 bits per heavy atom. The number of sulfonamides is 1. The molecule has 5 rings (SSSR count). The molecule has 1 aliphatic rings. The first-order valence-electron chi connectivity index (χ1n) is 10.4. The number of hydrogen-bond acceptors (Lipinski definition) is 6. The molecule has 0 atom stereocenters. The lowest BCUT2D eigenvalue weighted by Gasteiger charge is -2.17. The van der Waals surface area contributed by atoms with Gasteiger partial charge in [-0.2, -0.15) is 0 Å². The number of aromatic nitrogens is 2. The minimum Gasteiger partial charge on any atom is -0.478 e. The van der Waals surface area contributed by atoms with Gasteiger partial charge in [0.15, 0.2) is 0 Å². The molecule has 1 aliphatic carbocycles. The van der Waals surface area contributed by atoms with Gasteiger partial charge in [-0.3, -0.25) is 9.71 Å². The highest BCUT2D eigenvalue weighted by Gasteiger charge is 2.32. The van der Waals surface area contributed by atoms with Crippen LogP contribution in [0.25, 0.3) is 21.7 Å². The number of carboxylic acid groups (broad SMARTS) is 1. The molecule has 2 aromatic carbocycles. The number of carbonyl (C=O) groups is 1. The van der Waals surface area contributed by atoms with Crippen LogP contribution in [0.3, 0.4) is 0 Å². The molecule has 0 spiro atoms. The Morgan fingerprint density at radius 1 is 1.06 bits per heavy atom. The third-order valence-electron chi connectivity index (χ3n) is 5.56. The first-order chi connectivity index (χ1) is 16.3. The van der Waals surface area contributed by atoms with E-state index < -0.39 is 21.8 Å². The summed E-state index contributed by atoms with van der Waals surface area (Å²) in [6.07, 6.45) is 4.74. The molecule has 172 valence electrons. The molecule has 7 nitrogen and oxygen atoms in total. The summed E-state index contributed by atoms with van der Waals surface area (Å²) in [6.45, 7) is 0. The van der Waals surface area contributed by atoms with Gasteiger partial charge < -0.3 is 5.11 Å². The second kappa shape index (κ2) is 8.62. The van der Waals surface area contributed by atoms with Crippen molar-refractivity contribution < 1.29 is 22.7 Å². The number of aromatic carboxylic acids is 1. The van der Waals surface area contributed by atoms with Crippen molar-refractivity contribution in [3.8, 4) is 21.7 Å². The highest BCUT2D eigenvalue weighted by molar-refractivity contribution is 7.92. The number of nitrogens with one attached hydrogen (secondary N) is 1. The lowest BCUT2D eigenvalue weighted by atomic mass is 10.0. The van der Waals surface area contributed by atoms with Crippen LogP contribution in [0.4, 0.5) is 10.1 Å². The number of hydrogen-bond donors (Lipinski definition) is 2. The highest BCUT2D eigenvalue weighted by atomic mass is 32.2. The maximum Gasteiger partial charge on any atom is 0.335 e. The van der Waals surface area contributed by atoms with Gasteiger partial charge in [-0.05, 0) is 78.3 Å². The summed E-state index contributed by atoms with van der Waals surface area (Å²) in [4.78, 5) is 16.2. The Kier molecular flexibility index (Phi) is 5.62. The molecule has 2 heterocycles. The van der Waals surface area contributed by atoms with E-state index in [9.17, 15) is 18.3 Å². The monoisotopic (exact) mass is 495 g/mol. The Hall–Kier alpha value is -3.63. The summed E-state index contributed by atoms with van der Waals surface area (Å²) in [5, 5.41) is 9.41. The first kappa shape index (κ1) is 22.2. The van der Waals surface area contributed by atoms with Gasteiger partial charge in [0.2, 0.25) is 0 Å². The fourth-order valence-corrected chi connectivity index (χ4v) is 5.77. The molecule has 2 aromatic heterocycles. The molecule has 2 N–H and O–H groups in total. The fourth-order valence-electron chi connectivity index (χ4n) is 3.77. The van der Waals surface area contributed by atoms with E-state index in [0.717, 1.165) is 24.4 Å². The molecular formula is C24H18FN3O4S2. The summed E-state index contributed by atoms with van der Waals surface area (Å²) >= 11 is 1.09. The van der Waals surface area contributed by atoms with E-state index in [2.05, 4.69) is 14.1 Å². The van der Waals surface area contributed by atoms with Crippen LogP contribution in [-0.2, 0) is 10.0 Å². The number of rotatable bonds is 7. The number of nitrogens with zero attached hydrogens (tertiary/aromatic N) is 2. The van der Waals surface area contributed by atoms with Crippen LogP contribution in [0.15, 0.2) is 71.9 Å². The van der Waals surface area contributed by atoms with Crippen molar-refractivity contribution in [2.45, 2.75) is 23.7 Å². The van der Waals surface area contributed by atoms with Crippen molar-refractivity contribution in [3.05, 3.63) is 83.9 Å². The van der Waals surface area contributed by atoms with Gasteiger partial charge in [0.05, 0.1) is 26.7 Å². The molecule has 0 unspecified atom stereocenters. The summed E-state index contributed by atoms with van der Waals surface area (Å²) in [5.74, 6) is -1.70. The first-order valence-corrected chi connectivity index (χ1v) is 12.7. The standard InChI is InChI=1S/C24H18FN3O4S2/c25-19-12-18(20-3-1-2-9-26-20)21(13-17(19)22-8-10-27-33-22)28-34(31,32)23-11-15(24(29)30)6-7-16(23)14-4-5-14/h1-3,6-14,28H,4-5H2,(H,29,30). The van der Waals surface area contributed by atoms with E-state index in [1.54, 1.807) is 30.3 Å². The molecular weight excluding hydrogens is 477 g/mol. The molecule has 0 aliphatic heterocycles. The lowest BCUT2D eigenvalue weighted by molar-refractivity contribution is 0.0696. The van der Waals surface area contributed by atoms with Gasteiger partial charge in [0, 0.05) is 23.5 Å². The van der Waals surface area contributed by atoms with Gasteiger partial charge in [-0.15, -0.1) is 0 Å². The van der Waals surface area contributed by atoms with Crippen LogP contribution in [0.2, 0.25) is 0 Å². The van der Waals surface area contributed by atoms with Gasteiger partial charge in [-0.25, -0.2) is 22.0 Å². The van der Waals surface area contributed by atoms with Gasteiger partial charge in [-0.1, -0.05) is 12.1 Å². The fraction of sp³-hybridized carbons (Fsp3) is 0.125. The van der Waals surface area contributed by atoms with Crippen molar-refractivity contribution in [2.75, 3.05) is 4.72 Å². The van der Waals surface area contributed by atoms with Crippen molar-refractivity contribution in [1.82, 2.24) is 9.36 Å². The summed E-state index contributed by atoms with van der Waals surface area (Å²) in [7, 11) is -4.21. The third-order valence-corrected chi connectivity index (χ3v) is 7.76. The van der Waals surface area contributed by atoms with E-state index in [1.807, 2.05) is 0 Å². The molecule has 34 heavy (non-hydrogen) atoms. The Morgan fingerprint density at radius 3 is 2.53 bits per heavy atom. The molecule has 0 radical (unpaired) electrons. The number of benzene rings is 2. The van der Waals surface area contributed by atoms with Gasteiger partial charge in [0.25, 0.3) is 10.0 Å². The van der Waals surface area contributed by atoms with Crippen molar-refractivity contribution in [2.24, 2.45) is 0 Å². The van der Waals surface area contributed by atoms with Crippen LogP contribution in [0.1, 0.15) is 34.7 Å². The predicted octanol–water partition coefficient (Wildman–Crippen LogP) is 5.39. The van der Waals surface area contributed by atoms with Crippen molar-refractivity contribution >= 4 is 33.2 Å². The van der Waals surface area contributed by atoms with E-state index in [-0.39, 0.29) is 33.2 Å². The number of anilines is 1. The Bertz CT molecular complexity index is 1490. The van der Waals surface area contributed by atoms with Crippen LogP contribution in [0, 0.1) is 5.82 Å². The number of carboxylic acids is 1. The predicted molar refractivity (Wildman–Crippen MR) is 127 cm³/mol. The lowest BCUT2D eigenvalue weighted by Crippen LogP contribution is -2.17. The number of halogens is 1. The molecule has 10 heteroatoms. The normalized spacial score (nSPS) is 13.6. The minimum absolute atomic E-state index is 0.0608. The molecule has 0 amide bonds. The minimum atomic E-state index is -4.21. The van der Waals surface area contributed by atoms with E-state index in [1.165, 1.54) is 36.7 Å². The van der Waals surface area contributed by atoms with Crippen molar-refractivity contribution in [1.29, 1.82) is 0 Å².